The quantitative estimate of drug-likeness (QED) is 0.0310. The number of amides is 1. The second kappa shape index (κ2) is 27.3. The number of carbonyl (C=O) groups is 1. The molecule has 1 fully saturated rings. The smallest absolute Gasteiger partial charge is 0.442 e. The fourth-order valence-corrected chi connectivity index (χ4v) is 7.53. The Morgan fingerprint density at radius 2 is 1.34 bits per heavy atom. The molecule has 0 saturated carbocycles. The third-order valence-corrected chi connectivity index (χ3v) is 11.3. The highest BCUT2D eigenvalue weighted by Crippen LogP contribution is 2.52. The van der Waals surface area contributed by atoms with E-state index in [4.69, 9.17) is 9.47 Å². The molecule has 0 aromatic heterocycles. The predicted molar refractivity (Wildman–Crippen MR) is 217 cm³/mol. The third kappa shape index (κ3) is 17.5. The lowest BCUT2D eigenvalue weighted by Crippen LogP contribution is -2.58. The number of unbranched alkanes of at least 4 members (excludes halogenated alkanes) is 18. The third-order valence-electron chi connectivity index (χ3n) is 11.3. The molecule has 7 atom stereocenters. The number of hydrogen-bond acceptors (Lipinski definition) is 10. The van der Waals surface area contributed by atoms with Crippen molar-refractivity contribution in [3.05, 3.63) is 42.0 Å². The minimum absolute atomic E-state index is 0.0195. The number of alkyl halides is 3. The Hall–Kier alpha value is -2.62. The Labute approximate surface area is 343 Å². The second-order valence-corrected chi connectivity index (χ2v) is 16.2. The number of aliphatic hydroxyl groups excluding tert-OH is 5. The highest BCUT2D eigenvalue weighted by Gasteiger charge is 2.65. The van der Waals surface area contributed by atoms with Gasteiger partial charge in [0, 0.05) is 12.0 Å². The number of benzene rings is 1. The van der Waals surface area contributed by atoms with Gasteiger partial charge in [0.2, 0.25) is 5.91 Å². The van der Waals surface area contributed by atoms with Gasteiger partial charge in [-0.15, -0.1) is 10.2 Å². The second-order valence-electron chi connectivity index (χ2n) is 16.2. The lowest BCUT2D eigenvalue weighted by Gasteiger charge is -2.40. The van der Waals surface area contributed by atoms with E-state index in [2.05, 4.69) is 22.5 Å². The number of aliphatic hydroxyl groups is 5. The molecule has 0 spiro atoms. The van der Waals surface area contributed by atoms with Crippen LogP contribution in [0.5, 0.6) is 5.75 Å². The molecule has 1 amide bonds. The van der Waals surface area contributed by atoms with E-state index in [0.717, 1.165) is 64.2 Å². The maximum atomic E-state index is 13.2. The van der Waals surface area contributed by atoms with Crippen molar-refractivity contribution in [3.8, 4) is 5.75 Å². The minimum Gasteiger partial charge on any atom is -0.494 e. The van der Waals surface area contributed by atoms with Gasteiger partial charge in [0.15, 0.2) is 0 Å². The molecule has 2 aliphatic rings. The van der Waals surface area contributed by atoms with Gasteiger partial charge in [-0.1, -0.05) is 134 Å². The van der Waals surface area contributed by atoms with E-state index in [1.807, 2.05) is 6.08 Å². The Morgan fingerprint density at radius 1 is 0.810 bits per heavy atom. The van der Waals surface area contributed by atoms with E-state index in [1.54, 1.807) is 6.08 Å². The molecule has 58 heavy (non-hydrogen) atoms. The van der Waals surface area contributed by atoms with Crippen molar-refractivity contribution >= 4 is 5.91 Å². The van der Waals surface area contributed by atoms with Gasteiger partial charge < -0.3 is 40.3 Å². The van der Waals surface area contributed by atoms with E-state index < -0.39 is 61.1 Å². The topological polar surface area (TPSA) is 173 Å². The van der Waals surface area contributed by atoms with Crippen LogP contribution >= 0.6 is 0 Å². The SMILES string of the molecule is CCCCCCCCCCCCC/C=C/[C@@H](O)[C@H](CC[C@@H]1O[C@H](CO)[C@@H](O)[C@H](O)[C@H]1O)NC(=O)CCCCCCCCCCOc1ccc(C2(C(F)(F)F)N=N2)cc1. The normalized spacial score (nSPS) is 22.6. The predicted octanol–water partition coefficient (Wildman–Crippen LogP) is 8.48. The van der Waals surface area contributed by atoms with Crippen LogP contribution in [0.1, 0.15) is 160 Å². The van der Waals surface area contributed by atoms with Gasteiger partial charge in [-0.05, 0) is 50.7 Å². The molecule has 11 nitrogen and oxygen atoms in total. The van der Waals surface area contributed by atoms with Crippen molar-refractivity contribution in [3.63, 3.8) is 0 Å². The van der Waals surface area contributed by atoms with Gasteiger partial charge in [0.05, 0.1) is 31.5 Å². The van der Waals surface area contributed by atoms with Crippen LogP contribution in [0.15, 0.2) is 46.6 Å². The summed E-state index contributed by atoms with van der Waals surface area (Å²) >= 11 is 0. The molecule has 0 bridgehead atoms. The molecule has 332 valence electrons. The van der Waals surface area contributed by atoms with Gasteiger partial charge in [-0.25, -0.2) is 0 Å². The molecular formula is C44H72F3N3O8. The number of rotatable bonds is 32. The first-order valence-corrected chi connectivity index (χ1v) is 22.1. The van der Waals surface area contributed by atoms with Gasteiger partial charge in [-0.3, -0.25) is 4.79 Å². The lowest BCUT2D eigenvalue weighted by molar-refractivity contribution is -0.230. The highest BCUT2D eigenvalue weighted by atomic mass is 19.4. The van der Waals surface area contributed by atoms with Crippen LogP contribution < -0.4 is 10.1 Å². The van der Waals surface area contributed by atoms with Crippen LogP contribution in [0.3, 0.4) is 0 Å². The number of nitrogens with one attached hydrogen (secondary N) is 1. The summed E-state index contributed by atoms with van der Waals surface area (Å²) in [7, 11) is 0. The van der Waals surface area contributed by atoms with Crippen molar-refractivity contribution in [2.45, 2.75) is 209 Å². The summed E-state index contributed by atoms with van der Waals surface area (Å²) in [6, 6.07) is 5.07. The number of allylic oxidation sites excluding steroid dienone is 1. The molecule has 6 N–H and O–H groups in total. The highest BCUT2D eigenvalue weighted by molar-refractivity contribution is 5.76. The molecule has 2 aliphatic heterocycles. The summed E-state index contributed by atoms with van der Waals surface area (Å²) in [6.07, 6.45) is 14.9. The molecule has 1 aromatic rings. The minimum atomic E-state index is -4.55. The number of nitrogens with zero attached hydrogens (tertiary/aromatic N) is 2. The van der Waals surface area contributed by atoms with Crippen molar-refractivity contribution in [1.82, 2.24) is 5.32 Å². The van der Waals surface area contributed by atoms with Crippen LogP contribution in [0.25, 0.3) is 0 Å². The molecular weight excluding hydrogens is 755 g/mol. The zero-order chi connectivity index (χ0) is 42.2. The summed E-state index contributed by atoms with van der Waals surface area (Å²) in [5.41, 5.74) is -2.44. The van der Waals surface area contributed by atoms with Crippen LogP contribution in [0, 0.1) is 0 Å². The van der Waals surface area contributed by atoms with E-state index in [-0.39, 0.29) is 24.3 Å². The Bertz CT molecular complexity index is 1310. The van der Waals surface area contributed by atoms with Crippen molar-refractivity contribution in [1.29, 1.82) is 0 Å². The number of carbonyl (C=O) groups excluding carboxylic acids is 1. The molecule has 1 aromatic carbocycles. The maximum absolute atomic E-state index is 13.2. The standard InChI is InChI=1S/C44H72F3N3O8/c1-2-3-4-5-6-7-8-9-10-11-14-17-20-23-36(52)35(29-30-37-40(54)42(56)41(55)38(32-51)58-37)48-39(53)24-21-18-15-12-13-16-19-22-31-57-34-27-25-33(26-28-34)43(49-50-43)44(45,46)47/h20,23,25-28,35-38,40-42,51-52,54-56H,2-19,21-22,24,29-32H2,1H3,(H,48,53)/b23-20+/t35-,36+,37-,38+,40-,41+,42+/m0/s1. The monoisotopic (exact) mass is 828 g/mol. The largest absolute Gasteiger partial charge is 0.494 e. The molecule has 2 heterocycles. The summed E-state index contributed by atoms with van der Waals surface area (Å²) in [5, 5.41) is 61.0. The van der Waals surface area contributed by atoms with Crippen molar-refractivity contribution < 1.29 is 53.0 Å². The van der Waals surface area contributed by atoms with Crippen molar-refractivity contribution in [2.75, 3.05) is 13.2 Å². The molecule has 0 radical (unpaired) electrons. The van der Waals surface area contributed by atoms with E-state index >= 15 is 0 Å². The fourth-order valence-electron chi connectivity index (χ4n) is 7.53. The first-order chi connectivity index (χ1) is 27.9. The van der Waals surface area contributed by atoms with Crippen LogP contribution in [0.2, 0.25) is 0 Å². The van der Waals surface area contributed by atoms with E-state index in [9.17, 15) is 43.5 Å². The van der Waals surface area contributed by atoms with Gasteiger partial charge in [0.1, 0.15) is 30.2 Å². The zero-order valence-electron chi connectivity index (χ0n) is 34.7. The van der Waals surface area contributed by atoms with Crippen molar-refractivity contribution in [2.24, 2.45) is 10.2 Å². The summed E-state index contributed by atoms with van der Waals surface area (Å²) in [5.74, 6) is 0.329. The molecule has 3 rings (SSSR count). The van der Waals surface area contributed by atoms with Gasteiger partial charge in [-0.2, -0.15) is 13.2 Å². The number of ether oxygens (including phenoxy) is 2. The van der Waals surface area contributed by atoms with Crippen LogP contribution in [-0.4, -0.2) is 93.5 Å². The molecule has 0 aliphatic carbocycles. The lowest BCUT2D eigenvalue weighted by atomic mass is 9.91. The first-order valence-electron chi connectivity index (χ1n) is 22.1. The van der Waals surface area contributed by atoms with Crippen LogP contribution in [-0.2, 0) is 15.2 Å². The van der Waals surface area contributed by atoms with Crippen LogP contribution in [0.4, 0.5) is 13.2 Å². The molecule has 14 heteroatoms. The molecule has 1 saturated heterocycles. The summed E-state index contributed by atoms with van der Waals surface area (Å²) in [6.45, 7) is 2.19. The Morgan fingerprint density at radius 3 is 1.90 bits per heavy atom. The zero-order valence-corrected chi connectivity index (χ0v) is 34.7. The van der Waals surface area contributed by atoms with E-state index in [0.29, 0.717) is 25.2 Å². The summed E-state index contributed by atoms with van der Waals surface area (Å²) < 4.78 is 50.9. The Balaban J connectivity index is 1.30. The average molecular weight is 828 g/mol. The van der Waals surface area contributed by atoms with Gasteiger partial charge in [0.25, 0.3) is 0 Å². The van der Waals surface area contributed by atoms with Gasteiger partial charge >= 0.3 is 11.8 Å². The number of hydrogen-bond donors (Lipinski definition) is 6. The molecule has 0 unspecified atom stereocenters. The number of halogens is 3. The summed E-state index contributed by atoms with van der Waals surface area (Å²) in [4.78, 5) is 13.0. The van der Waals surface area contributed by atoms with E-state index in [1.165, 1.54) is 82.1 Å². The maximum Gasteiger partial charge on any atom is 0.442 e. The fraction of sp³-hybridized carbons (Fsp3) is 0.795. The average Bonchev–Trinajstić information content (AvgIpc) is 4.03. The first kappa shape index (κ1) is 49.7. The Kier molecular flexibility index (Phi) is 23.4.